The number of methoxy groups -OCH3 is 1. The number of hydrogen-bond acceptors (Lipinski definition) is 7. The molecule has 0 aromatic heterocycles. The predicted molar refractivity (Wildman–Crippen MR) is 108 cm³/mol. The Bertz CT molecular complexity index is 978. The van der Waals surface area contributed by atoms with E-state index in [9.17, 15) is 13.2 Å². The second-order valence-electron chi connectivity index (χ2n) is 5.93. The number of fused-ring (bicyclic) bond motifs is 1. The molecule has 1 amide bonds. The zero-order valence-corrected chi connectivity index (χ0v) is 17.0. The van der Waals surface area contributed by atoms with Crippen LogP contribution < -0.4 is 24.2 Å². The monoisotopic (exact) mass is 424 g/mol. The number of carbonyl (C=O) groups excluding carboxylic acids is 1. The Balaban J connectivity index is 1.62. The Kier molecular flexibility index (Phi) is 6.20. The third kappa shape index (κ3) is 5.46. The number of benzene rings is 2. The van der Waals surface area contributed by atoms with Crippen molar-refractivity contribution in [2.45, 2.75) is 4.90 Å². The van der Waals surface area contributed by atoms with Crippen LogP contribution in [0.1, 0.15) is 0 Å². The summed E-state index contributed by atoms with van der Waals surface area (Å²) >= 11 is 1.36. The number of hydrogen-bond donors (Lipinski definition) is 2. The first kappa shape index (κ1) is 20.2. The summed E-state index contributed by atoms with van der Waals surface area (Å²) in [7, 11) is -2.04. The zero-order chi connectivity index (χ0) is 20.1. The zero-order valence-electron chi connectivity index (χ0n) is 15.4. The van der Waals surface area contributed by atoms with Crippen molar-refractivity contribution in [1.29, 1.82) is 0 Å². The standard InChI is InChI=1S/C18H20N2O6S2/c1-24-15-5-3-12(9-14(15)20-28(2,22)23)19-18(21)11-27-13-4-6-16-17(10-13)26-8-7-25-16/h3-6,9-10,20H,7-8,11H2,1-2H3,(H,19,21). The summed E-state index contributed by atoms with van der Waals surface area (Å²) in [4.78, 5) is 13.2. The molecule has 0 saturated carbocycles. The van der Waals surface area contributed by atoms with Crippen molar-refractivity contribution < 1.29 is 27.4 Å². The molecular formula is C18H20N2O6S2. The Hall–Kier alpha value is -2.59. The van der Waals surface area contributed by atoms with Crippen LogP contribution in [0.2, 0.25) is 0 Å². The lowest BCUT2D eigenvalue weighted by Crippen LogP contribution is -2.16. The Morgan fingerprint density at radius 3 is 2.61 bits per heavy atom. The number of carbonyl (C=O) groups is 1. The highest BCUT2D eigenvalue weighted by atomic mass is 32.2. The van der Waals surface area contributed by atoms with Gasteiger partial charge in [0.2, 0.25) is 15.9 Å². The SMILES string of the molecule is COc1ccc(NC(=O)CSc2ccc3c(c2)OCCO3)cc1NS(C)(=O)=O. The van der Waals surface area contributed by atoms with Gasteiger partial charge in [-0.3, -0.25) is 9.52 Å². The highest BCUT2D eigenvalue weighted by Crippen LogP contribution is 2.34. The van der Waals surface area contributed by atoms with Gasteiger partial charge in [0.05, 0.1) is 24.8 Å². The number of sulfonamides is 1. The van der Waals surface area contributed by atoms with Crippen LogP contribution in [0.3, 0.4) is 0 Å². The van der Waals surface area contributed by atoms with Gasteiger partial charge in [-0.2, -0.15) is 0 Å². The highest BCUT2D eigenvalue weighted by molar-refractivity contribution is 8.00. The van der Waals surface area contributed by atoms with Crippen molar-refractivity contribution in [3.05, 3.63) is 36.4 Å². The van der Waals surface area contributed by atoms with E-state index in [4.69, 9.17) is 14.2 Å². The maximum absolute atomic E-state index is 12.3. The maximum Gasteiger partial charge on any atom is 0.234 e. The normalized spacial score (nSPS) is 12.9. The van der Waals surface area contributed by atoms with E-state index in [2.05, 4.69) is 10.0 Å². The van der Waals surface area contributed by atoms with Gasteiger partial charge in [-0.05, 0) is 36.4 Å². The van der Waals surface area contributed by atoms with Crippen LogP contribution in [0.5, 0.6) is 17.2 Å². The molecule has 3 rings (SSSR count). The van der Waals surface area contributed by atoms with Crippen molar-refractivity contribution in [3.63, 3.8) is 0 Å². The topological polar surface area (TPSA) is 103 Å². The molecule has 0 spiro atoms. The van der Waals surface area contributed by atoms with Gasteiger partial charge in [0.1, 0.15) is 19.0 Å². The third-order valence-electron chi connectivity index (χ3n) is 3.66. The molecule has 1 heterocycles. The molecule has 8 nitrogen and oxygen atoms in total. The molecule has 2 aromatic carbocycles. The lowest BCUT2D eigenvalue weighted by atomic mass is 10.2. The van der Waals surface area contributed by atoms with Gasteiger partial charge in [0, 0.05) is 10.6 Å². The fourth-order valence-electron chi connectivity index (χ4n) is 2.52. The molecule has 0 bridgehead atoms. The summed E-state index contributed by atoms with van der Waals surface area (Å²) < 4.78 is 41.5. The van der Waals surface area contributed by atoms with E-state index in [-0.39, 0.29) is 17.3 Å². The molecule has 0 saturated heterocycles. The van der Waals surface area contributed by atoms with Gasteiger partial charge in [-0.1, -0.05) is 0 Å². The molecule has 1 aliphatic heterocycles. The minimum absolute atomic E-state index is 0.181. The Morgan fingerprint density at radius 1 is 1.14 bits per heavy atom. The van der Waals surface area contributed by atoms with Gasteiger partial charge in [-0.15, -0.1) is 11.8 Å². The van der Waals surface area contributed by atoms with Crippen molar-refractivity contribution in [1.82, 2.24) is 0 Å². The minimum atomic E-state index is -3.48. The Labute approximate surface area is 167 Å². The van der Waals surface area contributed by atoms with E-state index >= 15 is 0 Å². The van der Waals surface area contributed by atoms with Crippen molar-refractivity contribution in [2.75, 3.05) is 42.4 Å². The molecular weight excluding hydrogens is 404 g/mol. The first-order chi connectivity index (χ1) is 13.3. The molecule has 10 heteroatoms. The summed E-state index contributed by atoms with van der Waals surface area (Å²) in [5.74, 6) is 1.68. The molecule has 28 heavy (non-hydrogen) atoms. The molecule has 2 aromatic rings. The van der Waals surface area contributed by atoms with Crippen LogP contribution >= 0.6 is 11.8 Å². The van der Waals surface area contributed by atoms with E-state index in [0.29, 0.717) is 36.1 Å². The summed E-state index contributed by atoms with van der Waals surface area (Å²) in [6.45, 7) is 1.03. The molecule has 0 atom stereocenters. The molecule has 0 unspecified atom stereocenters. The van der Waals surface area contributed by atoms with Crippen LogP contribution in [0.25, 0.3) is 0 Å². The summed E-state index contributed by atoms with van der Waals surface area (Å²) in [5, 5.41) is 2.75. The third-order valence-corrected chi connectivity index (χ3v) is 5.25. The van der Waals surface area contributed by atoms with Crippen LogP contribution in [-0.4, -0.2) is 46.7 Å². The molecule has 150 valence electrons. The number of anilines is 2. The summed E-state index contributed by atoms with van der Waals surface area (Å²) in [6, 6.07) is 10.3. The number of nitrogens with one attached hydrogen (secondary N) is 2. The van der Waals surface area contributed by atoms with E-state index < -0.39 is 10.0 Å². The van der Waals surface area contributed by atoms with E-state index in [0.717, 1.165) is 11.2 Å². The maximum atomic E-state index is 12.3. The van der Waals surface area contributed by atoms with Crippen molar-refractivity contribution in [2.24, 2.45) is 0 Å². The smallest absolute Gasteiger partial charge is 0.234 e. The molecule has 0 aliphatic carbocycles. The lowest BCUT2D eigenvalue weighted by Gasteiger charge is -2.18. The van der Waals surface area contributed by atoms with Crippen LogP contribution in [-0.2, 0) is 14.8 Å². The van der Waals surface area contributed by atoms with Gasteiger partial charge < -0.3 is 19.5 Å². The van der Waals surface area contributed by atoms with Gasteiger partial charge in [0.15, 0.2) is 11.5 Å². The second kappa shape index (κ2) is 8.61. The molecule has 1 aliphatic rings. The minimum Gasteiger partial charge on any atom is -0.495 e. The number of rotatable bonds is 7. The summed E-state index contributed by atoms with van der Waals surface area (Å²) in [5.41, 5.74) is 0.710. The Morgan fingerprint density at radius 2 is 1.89 bits per heavy atom. The predicted octanol–water partition coefficient (Wildman–Crippen LogP) is 2.57. The number of ether oxygens (including phenoxy) is 3. The van der Waals surface area contributed by atoms with E-state index in [1.807, 2.05) is 18.2 Å². The molecule has 0 radical (unpaired) electrons. The first-order valence-corrected chi connectivity index (χ1v) is 11.2. The van der Waals surface area contributed by atoms with Gasteiger partial charge >= 0.3 is 0 Å². The van der Waals surface area contributed by atoms with Crippen LogP contribution in [0.4, 0.5) is 11.4 Å². The second-order valence-corrected chi connectivity index (χ2v) is 8.73. The van der Waals surface area contributed by atoms with Crippen molar-refractivity contribution in [3.8, 4) is 17.2 Å². The first-order valence-electron chi connectivity index (χ1n) is 8.32. The average molecular weight is 425 g/mol. The number of thioether (sulfide) groups is 1. The van der Waals surface area contributed by atoms with Crippen LogP contribution in [0, 0.1) is 0 Å². The number of amides is 1. The molecule has 2 N–H and O–H groups in total. The summed E-state index contributed by atoms with van der Waals surface area (Å²) in [6.07, 6.45) is 1.04. The molecule has 0 fully saturated rings. The lowest BCUT2D eigenvalue weighted by molar-refractivity contribution is -0.113. The van der Waals surface area contributed by atoms with Crippen LogP contribution in [0.15, 0.2) is 41.3 Å². The van der Waals surface area contributed by atoms with E-state index in [1.165, 1.54) is 24.9 Å². The fourth-order valence-corrected chi connectivity index (χ4v) is 3.81. The fraction of sp³-hybridized carbons (Fsp3) is 0.278. The highest BCUT2D eigenvalue weighted by Gasteiger charge is 2.14. The van der Waals surface area contributed by atoms with Gasteiger partial charge in [0.25, 0.3) is 0 Å². The quantitative estimate of drug-likeness (QED) is 0.659. The van der Waals surface area contributed by atoms with Gasteiger partial charge in [-0.25, -0.2) is 8.42 Å². The van der Waals surface area contributed by atoms with Crippen molar-refractivity contribution >= 4 is 39.1 Å². The largest absolute Gasteiger partial charge is 0.495 e. The average Bonchev–Trinajstić information content (AvgIpc) is 2.65. The van der Waals surface area contributed by atoms with E-state index in [1.54, 1.807) is 12.1 Å².